The van der Waals surface area contributed by atoms with E-state index in [4.69, 9.17) is 0 Å². The van der Waals surface area contributed by atoms with Crippen molar-refractivity contribution >= 4 is 16.6 Å². The van der Waals surface area contributed by atoms with Gasteiger partial charge in [0.15, 0.2) is 11.6 Å². The van der Waals surface area contributed by atoms with E-state index in [1.165, 1.54) is 0 Å². The van der Waals surface area contributed by atoms with Crippen molar-refractivity contribution in [2.24, 2.45) is 0 Å². The lowest BCUT2D eigenvalue weighted by atomic mass is 9.90. The molecule has 0 aliphatic carbocycles. The van der Waals surface area contributed by atoms with Crippen molar-refractivity contribution in [3.8, 4) is 0 Å². The van der Waals surface area contributed by atoms with Gasteiger partial charge in [-0.15, -0.1) is 0 Å². The molecule has 114 valence electrons. The maximum absolute atomic E-state index is 14.1. The maximum Gasteiger partial charge on any atom is 0.185 e. The number of fused-ring (bicyclic) bond motifs is 1. The molecule has 0 aliphatic rings. The Morgan fingerprint density at radius 1 is 1.10 bits per heavy atom. The molecule has 2 aromatic rings. The third-order valence-electron chi connectivity index (χ3n) is 3.26. The predicted octanol–water partition coefficient (Wildman–Crippen LogP) is 4.77. The zero-order valence-corrected chi connectivity index (χ0v) is 12.7. The fourth-order valence-electron chi connectivity index (χ4n) is 2.09. The van der Waals surface area contributed by atoms with Gasteiger partial charge in [0, 0.05) is 29.4 Å². The molecule has 0 saturated heterocycles. The molecule has 0 radical (unpaired) electrons. The number of nitrogens with one attached hydrogen (secondary N) is 1. The van der Waals surface area contributed by atoms with Gasteiger partial charge in [0.2, 0.25) is 0 Å². The van der Waals surface area contributed by atoms with E-state index in [9.17, 15) is 13.2 Å². The molecule has 2 nitrogen and oxygen atoms in total. The van der Waals surface area contributed by atoms with Gasteiger partial charge >= 0.3 is 0 Å². The number of aromatic nitrogens is 1. The molecule has 21 heavy (non-hydrogen) atoms. The largest absolute Gasteiger partial charge is 0.384 e. The molecule has 0 spiro atoms. The van der Waals surface area contributed by atoms with Crippen molar-refractivity contribution in [1.29, 1.82) is 0 Å². The quantitative estimate of drug-likeness (QED) is 0.825. The van der Waals surface area contributed by atoms with Crippen LogP contribution in [0.25, 0.3) is 10.9 Å². The number of hydrogen-bond donors (Lipinski definition) is 1. The van der Waals surface area contributed by atoms with E-state index in [0.717, 1.165) is 6.42 Å². The van der Waals surface area contributed by atoms with Crippen LogP contribution in [0, 0.1) is 17.5 Å². The van der Waals surface area contributed by atoms with Gasteiger partial charge in [-0.2, -0.15) is 0 Å². The first-order chi connectivity index (χ1) is 9.75. The minimum absolute atomic E-state index is 0.00431. The van der Waals surface area contributed by atoms with Crippen LogP contribution in [-0.4, -0.2) is 11.5 Å². The van der Waals surface area contributed by atoms with Crippen LogP contribution in [0.5, 0.6) is 0 Å². The average Bonchev–Trinajstić information content (AvgIpc) is 2.40. The first-order valence-corrected chi connectivity index (χ1v) is 6.98. The average molecular weight is 296 g/mol. The van der Waals surface area contributed by atoms with Crippen LogP contribution in [0.3, 0.4) is 0 Å². The number of anilines is 1. The molecule has 0 saturated carbocycles. The predicted molar refractivity (Wildman–Crippen MR) is 79.1 cm³/mol. The lowest BCUT2D eigenvalue weighted by Crippen LogP contribution is -2.15. The van der Waals surface area contributed by atoms with Gasteiger partial charge in [-0.1, -0.05) is 27.7 Å². The van der Waals surface area contributed by atoms with Gasteiger partial charge < -0.3 is 5.32 Å². The molecular formula is C16H19F3N2. The van der Waals surface area contributed by atoms with Crippen molar-refractivity contribution in [3.63, 3.8) is 0 Å². The van der Waals surface area contributed by atoms with Gasteiger partial charge in [-0.05, 0) is 12.5 Å². The minimum Gasteiger partial charge on any atom is -0.384 e. The van der Waals surface area contributed by atoms with E-state index in [0.29, 0.717) is 24.0 Å². The highest BCUT2D eigenvalue weighted by molar-refractivity contribution is 5.92. The van der Waals surface area contributed by atoms with E-state index in [1.807, 2.05) is 27.7 Å². The summed E-state index contributed by atoms with van der Waals surface area (Å²) in [6.07, 6.45) is 0.833. The molecule has 2 rings (SSSR count). The first kappa shape index (κ1) is 15.6. The zero-order chi connectivity index (χ0) is 15.8. The molecule has 0 unspecified atom stereocenters. The highest BCUT2D eigenvalue weighted by atomic mass is 19.2. The third-order valence-corrected chi connectivity index (χ3v) is 3.26. The second-order valence-corrected chi connectivity index (χ2v) is 6.11. The highest BCUT2D eigenvalue weighted by Crippen LogP contribution is 2.33. The molecule has 1 aromatic heterocycles. The zero-order valence-electron chi connectivity index (χ0n) is 12.7. The van der Waals surface area contributed by atoms with E-state index < -0.39 is 17.5 Å². The molecule has 0 bridgehead atoms. The third kappa shape index (κ3) is 2.96. The van der Waals surface area contributed by atoms with Crippen molar-refractivity contribution < 1.29 is 13.2 Å². The topological polar surface area (TPSA) is 24.9 Å². The van der Waals surface area contributed by atoms with Crippen molar-refractivity contribution in [2.75, 3.05) is 11.9 Å². The molecule has 5 heteroatoms. The smallest absolute Gasteiger partial charge is 0.185 e. The van der Waals surface area contributed by atoms with Crippen LogP contribution < -0.4 is 5.32 Å². The van der Waals surface area contributed by atoms with Gasteiger partial charge in [-0.25, -0.2) is 18.2 Å². The summed E-state index contributed by atoms with van der Waals surface area (Å²) in [5.74, 6) is -3.15. The molecule has 1 N–H and O–H groups in total. The summed E-state index contributed by atoms with van der Waals surface area (Å²) in [4.78, 5) is 4.14. The summed E-state index contributed by atoms with van der Waals surface area (Å²) in [6, 6.07) is 2.27. The maximum atomic E-state index is 14.1. The normalized spacial score (nSPS) is 12.0. The van der Waals surface area contributed by atoms with E-state index in [1.54, 1.807) is 6.07 Å². The van der Waals surface area contributed by atoms with Crippen molar-refractivity contribution in [1.82, 2.24) is 4.98 Å². The lowest BCUT2D eigenvalue weighted by Gasteiger charge is -2.21. The van der Waals surface area contributed by atoms with Gasteiger partial charge in [0.25, 0.3) is 0 Å². The molecule has 0 amide bonds. The summed E-state index contributed by atoms with van der Waals surface area (Å²) >= 11 is 0. The van der Waals surface area contributed by atoms with Crippen LogP contribution in [0.2, 0.25) is 0 Å². The van der Waals surface area contributed by atoms with Crippen molar-refractivity contribution in [2.45, 2.75) is 39.5 Å². The molecular weight excluding hydrogens is 277 g/mol. The van der Waals surface area contributed by atoms with Crippen LogP contribution >= 0.6 is 0 Å². The van der Waals surface area contributed by atoms with Gasteiger partial charge in [0.1, 0.15) is 11.3 Å². The summed E-state index contributed by atoms with van der Waals surface area (Å²) in [5, 5.41) is 3.06. The second-order valence-electron chi connectivity index (χ2n) is 6.11. The van der Waals surface area contributed by atoms with Crippen LogP contribution in [0.1, 0.15) is 39.8 Å². The van der Waals surface area contributed by atoms with Crippen LogP contribution in [-0.2, 0) is 5.41 Å². The van der Waals surface area contributed by atoms with Crippen LogP contribution in [0.15, 0.2) is 12.1 Å². The number of halogens is 3. The summed E-state index contributed by atoms with van der Waals surface area (Å²) < 4.78 is 41.5. The fourth-order valence-corrected chi connectivity index (χ4v) is 2.09. The van der Waals surface area contributed by atoms with Crippen molar-refractivity contribution in [3.05, 3.63) is 35.3 Å². The minimum atomic E-state index is -1.22. The Morgan fingerprint density at radius 3 is 2.33 bits per heavy atom. The van der Waals surface area contributed by atoms with Gasteiger partial charge in [0.05, 0.1) is 5.39 Å². The monoisotopic (exact) mass is 296 g/mol. The Kier molecular flexibility index (Phi) is 4.12. The number of rotatable bonds is 3. The fraction of sp³-hybridized carbons (Fsp3) is 0.438. The Morgan fingerprint density at radius 2 is 1.76 bits per heavy atom. The van der Waals surface area contributed by atoms with Gasteiger partial charge in [-0.3, -0.25) is 0 Å². The lowest BCUT2D eigenvalue weighted by molar-refractivity contribution is 0.502. The first-order valence-electron chi connectivity index (χ1n) is 6.98. The molecule has 1 aromatic carbocycles. The number of nitrogens with zero attached hydrogens (tertiary/aromatic N) is 1. The number of hydrogen-bond acceptors (Lipinski definition) is 2. The summed E-state index contributed by atoms with van der Waals surface area (Å²) in [7, 11) is 0. The van der Waals surface area contributed by atoms with E-state index >= 15 is 0 Å². The molecule has 0 atom stereocenters. The molecule has 0 fully saturated rings. The Balaban J connectivity index is 2.81. The van der Waals surface area contributed by atoms with Crippen LogP contribution in [0.4, 0.5) is 18.9 Å². The number of pyridine rings is 1. The Labute approximate surface area is 122 Å². The SMILES string of the molecule is CCCNc1cc(C(C)(C)C)nc2c(F)c(F)cc(F)c12. The Bertz CT molecular complexity index is 676. The number of benzene rings is 1. The standard InChI is InChI=1S/C16H19F3N2/c1-5-6-20-11-8-12(16(2,3)4)21-15-13(11)9(17)7-10(18)14(15)19/h7-8H,5-6H2,1-4H3,(H,20,21). The molecule has 0 aliphatic heterocycles. The molecule has 1 heterocycles. The van der Waals surface area contributed by atoms with E-state index in [-0.39, 0.29) is 16.3 Å². The second kappa shape index (κ2) is 5.54. The van der Waals surface area contributed by atoms with E-state index in [2.05, 4.69) is 10.3 Å². The summed E-state index contributed by atoms with van der Waals surface area (Å²) in [5.41, 5.74) is 0.408. The summed E-state index contributed by atoms with van der Waals surface area (Å²) in [6.45, 7) is 8.33. The Hall–Kier alpha value is -1.78. The highest BCUT2D eigenvalue weighted by Gasteiger charge is 2.22.